The van der Waals surface area contributed by atoms with Gasteiger partial charge < -0.3 is 25.6 Å². The predicted octanol–water partition coefficient (Wildman–Crippen LogP) is 2.87. The Morgan fingerprint density at radius 1 is 1.23 bits per heavy atom. The molecular formula is C23H34N2O5. The Morgan fingerprint density at radius 2 is 1.90 bits per heavy atom. The first-order valence-corrected chi connectivity index (χ1v) is 10.2. The van der Waals surface area contributed by atoms with Crippen LogP contribution in [0.3, 0.4) is 0 Å². The first-order valence-electron chi connectivity index (χ1n) is 10.2. The van der Waals surface area contributed by atoms with Crippen molar-refractivity contribution in [2.45, 2.75) is 77.7 Å². The molecule has 0 fully saturated rings. The van der Waals surface area contributed by atoms with Gasteiger partial charge in [0.15, 0.2) is 0 Å². The molecule has 0 saturated heterocycles. The molecular weight excluding hydrogens is 384 g/mol. The van der Waals surface area contributed by atoms with Crippen molar-refractivity contribution in [2.75, 3.05) is 6.61 Å². The van der Waals surface area contributed by atoms with Crippen LogP contribution in [0.1, 0.15) is 64.5 Å². The van der Waals surface area contributed by atoms with Crippen molar-refractivity contribution in [3.63, 3.8) is 0 Å². The fraction of sp³-hybridized carbons (Fsp3) is 0.565. The van der Waals surface area contributed by atoms with Crippen molar-refractivity contribution in [2.24, 2.45) is 5.73 Å². The summed E-state index contributed by atoms with van der Waals surface area (Å²) in [5, 5.41) is 11.5. The number of rotatable bonds is 10. The second-order valence-electron chi connectivity index (χ2n) is 8.10. The Balaban J connectivity index is 2.64. The molecule has 0 bridgehead atoms. The van der Waals surface area contributed by atoms with Gasteiger partial charge >= 0.3 is 6.09 Å². The number of hydrogen-bond acceptors (Lipinski definition) is 5. The standard InChI is InChI=1S/C23H34N2O5/c1-17(20(13-14-21(24)27)25-22(28)30-23(2,3)4)29-16-19-11-9-18(10-12-19)8-6-5-7-15-26/h9-12,17,20,26H,5,7,13-16H2,1-4H3,(H2,24,27)(H,25,28)/t17-,20+/m1/s1. The van der Waals surface area contributed by atoms with Crippen molar-refractivity contribution in [1.29, 1.82) is 0 Å². The fourth-order valence-corrected chi connectivity index (χ4v) is 2.54. The molecule has 0 spiro atoms. The van der Waals surface area contributed by atoms with Crippen molar-refractivity contribution in [3.8, 4) is 11.8 Å². The molecule has 0 heterocycles. The van der Waals surface area contributed by atoms with E-state index >= 15 is 0 Å². The molecule has 0 radical (unpaired) electrons. The minimum absolute atomic E-state index is 0.137. The Labute approximate surface area is 179 Å². The number of unbranched alkanes of at least 4 members (excludes halogenated alkanes) is 1. The molecule has 0 aliphatic carbocycles. The van der Waals surface area contributed by atoms with Crippen LogP contribution in [0.4, 0.5) is 4.79 Å². The number of amides is 2. The van der Waals surface area contributed by atoms with Gasteiger partial charge in [-0.3, -0.25) is 4.79 Å². The Bertz CT molecular complexity index is 729. The maximum absolute atomic E-state index is 12.1. The van der Waals surface area contributed by atoms with Crippen LogP contribution in [0.5, 0.6) is 0 Å². The summed E-state index contributed by atoms with van der Waals surface area (Å²) in [7, 11) is 0. The van der Waals surface area contributed by atoms with E-state index in [9.17, 15) is 9.59 Å². The van der Waals surface area contributed by atoms with E-state index in [0.717, 1.165) is 11.1 Å². The third-order valence-electron chi connectivity index (χ3n) is 4.13. The van der Waals surface area contributed by atoms with Gasteiger partial charge in [0.1, 0.15) is 5.60 Å². The normalized spacial score (nSPS) is 13.0. The van der Waals surface area contributed by atoms with Crippen LogP contribution in [0, 0.1) is 11.8 Å². The largest absolute Gasteiger partial charge is 0.444 e. The fourth-order valence-electron chi connectivity index (χ4n) is 2.54. The van der Waals surface area contributed by atoms with Crippen molar-refractivity contribution < 1.29 is 24.2 Å². The molecule has 7 nitrogen and oxygen atoms in total. The summed E-state index contributed by atoms with van der Waals surface area (Å²) in [6.07, 6.45) is 0.920. The number of aliphatic hydroxyl groups excluding tert-OH is 1. The number of carbonyl (C=O) groups is 2. The van der Waals surface area contributed by atoms with Crippen LogP contribution < -0.4 is 11.1 Å². The number of nitrogens with one attached hydrogen (secondary N) is 1. The Hall–Kier alpha value is -2.56. The van der Waals surface area contributed by atoms with E-state index in [2.05, 4.69) is 17.2 Å². The molecule has 1 rings (SSSR count). The Morgan fingerprint density at radius 3 is 2.47 bits per heavy atom. The molecule has 4 N–H and O–H groups in total. The van der Waals surface area contributed by atoms with Gasteiger partial charge in [-0.25, -0.2) is 4.79 Å². The molecule has 2 atom stereocenters. The van der Waals surface area contributed by atoms with Gasteiger partial charge in [-0.1, -0.05) is 24.0 Å². The van der Waals surface area contributed by atoms with E-state index < -0.39 is 23.6 Å². The zero-order valence-corrected chi connectivity index (χ0v) is 18.4. The molecule has 2 amide bonds. The second kappa shape index (κ2) is 12.9. The summed E-state index contributed by atoms with van der Waals surface area (Å²) in [6, 6.07) is 7.28. The first kappa shape index (κ1) is 25.5. The van der Waals surface area contributed by atoms with Crippen LogP contribution in [0.2, 0.25) is 0 Å². The number of hydrogen-bond donors (Lipinski definition) is 3. The lowest BCUT2D eigenvalue weighted by Gasteiger charge is -2.27. The molecule has 166 valence electrons. The zero-order chi connectivity index (χ0) is 22.6. The van der Waals surface area contributed by atoms with Gasteiger partial charge in [0, 0.05) is 25.0 Å². The van der Waals surface area contributed by atoms with E-state index in [0.29, 0.717) is 25.9 Å². The zero-order valence-electron chi connectivity index (χ0n) is 18.4. The maximum Gasteiger partial charge on any atom is 0.407 e. The van der Waals surface area contributed by atoms with Crippen molar-refractivity contribution in [3.05, 3.63) is 35.4 Å². The molecule has 0 aliphatic heterocycles. The van der Waals surface area contributed by atoms with E-state index in [1.54, 1.807) is 20.8 Å². The van der Waals surface area contributed by atoms with Gasteiger partial charge in [-0.15, -0.1) is 0 Å². The summed E-state index contributed by atoms with van der Waals surface area (Å²) in [4.78, 5) is 23.3. The lowest BCUT2D eigenvalue weighted by Crippen LogP contribution is -2.45. The number of alkyl carbamates (subject to hydrolysis) is 1. The average Bonchev–Trinajstić information content (AvgIpc) is 2.66. The van der Waals surface area contributed by atoms with Crippen molar-refractivity contribution in [1.82, 2.24) is 5.32 Å². The highest BCUT2D eigenvalue weighted by Crippen LogP contribution is 2.13. The smallest absolute Gasteiger partial charge is 0.407 e. The number of benzene rings is 1. The summed E-state index contributed by atoms with van der Waals surface area (Å²) < 4.78 is 11.2. The number of nitrogens with two attached hydrogens (primary N) is 1. The topological polar surface area (TPSA) is 111 Å². The van der Waals surface area contributed by atoms with E-state index in [1.807, 2.05) is 31.2 Å². The first-order chi connectivity index (χ1) is 14.1. The molecule has 1 aromatic carbocycles. The third-order valence-corrected chi connectivity index (χ3v) is 4.13. The van der Waals surface area contributed by atoms with Gasteiger partial charge in [0.05, 0.1) is 18.8 Å². The maximum atomic E-state index is 12.1. The number of ether oxygens (including phenoxy) is 2. The van der Waals surface area contributed by atoms with Crippen LogP contribution in [0.25, 0.3) is 0 Å². The number of primary amides is 1. The minimum Gasteiger partial charge on any atom is -0.444 e. The highest BCUT2D eigenvalue weighted by Gasteiger charge is 2.24. The average molecular weight is 419 g/mol. The monoisotopic (exact) mass is 418 g/mol. The van der Waals surface area contributed by atoms with E-state index in [1.165, 1.54) is 0 Å². The lowest BCUT2D eigenvalue weighted by atomic mass is 10.1. The van der Waals surface area contributed by atoms with Gasteiger partial charge in [0.2, 0.25) is 5.91 Å². The molecule has 7 heteroatoms. The molecule has 0 saturated carbocycles. The molecule has 1 aromatic rings. The van der Waals surface area contributed by atoms with Crippen molar-refractivity contribution >= 4 is 12.0 Å². The van der Waals surface area contributed by atoms with Crippen LogP contribution in [-0.2, 0) is 20.9 Å². The van der Waals surface area contributed by atoms with Gasteiger partial charge in [0.25, 0.3) is 0 Å². The highest BCUT2D eigenvalue weighted by molar-refractivity contribution is 5.74. The van der Waals surface area contributed by atoms with Crippen LogP contribution in [0.15, 0.2) is 24.3 Å². The SMILES string of the molecule is C[C@@H](OCc1ccc(C#CCCCO)cc1)[C@H](CCC(N)=O)NC(=O)OC(C)(C)C. The van der Waals surface area contributed by atoms with Crippen LogP contribution in [-0.4, -0.2) is 41.5 Å². The van der Waals surface area contributed by atoms with Crippen LogP contribution >= 0.6 is 0 Å². The summed E-state index contributed by atoms with van der Waals surface area (Å²) in [6.45, 7) is 7.68. The van der Waals surface area contributed by atoms with Gasteiger partial charge in [-0.05, 0) is 58.2 Å². The van der Waals surface area contributed by atoms with E-state index in [4.69, 9.17) is 20.3 Å². The number of aliphatic hydroxyl groups is 1. The molecule has 0 unspecified atom stereocenters. The second-order valence-corrected chi connectivity index (χ2v) is 8.10. The minimum atomic E-state index is -0.620. The summed E-state index contributed by atoms with van der Waals surface area (Å²) in [5.41, 5.74) is 6.50. The molecule has 0 aliphatic rings. The van der Waals surface area contributed by atoms with Gasteiger partial charge in [-0.2, -0.15) is 0 Å². The van der Waals surface area contributed by atoms with E-state index in [-0.39, 0.29) is 19.1 Å². The third kappa shape index (κ3) is 11.4. The highest BCUT2D eigenvalue weighted by atomic mass is 16.6. The molecule has 30 heavy (non-hydrogen) atoms. The summed E-state index contributed by atoms with van der Waals surface area (Å²) in [5.74, 6) is 5.63. The lowest BCUT2D eigenvalue weighted by molar-refractivity contribution is -0.118. The number of carbonyl (C=O) groups excluding carboxylic acids is 2. The predicted molar refractivity (Wildman–Crippen MR) is 115 cm³/mol. The summed E-state index contributed by atoms with van der Waals surface area (Å²) >= 11 is 0. The quantitative estimate of drug-likeness (QED) is 0.400. The molecule has 0 aromatic heterocycles. The Kier molecular flexibility index (Phi) is 10.9.